The summed E-state index contributed by atoms with van der Waals surface area (Å²) in [7, 11) is 0. The van der Waals surface area contributed by atoms with Crippen LogP contribution in [0.25, 0.3) is 0 Å². The minimum absolute atomic E-state index is 0.302. The van der Waals surface area contributed by atoms with Crippen LogP contribution in [0.3, 0.4) is 0 Å². The highest BCUT2D eigenvalue weighted by atomic mass is 16.4. The number of hydrogen-bond acceptors (Lipinski definition) is 2. The van der Waals surface area contributed by atoms with E-state index in [0.29, 0.717) is 12.6 Å². The van der Waals surface area contributed by atoms with Crippen molar-refractivity contribution < 1.29 is 9.90 Å². The van der Waals surface area contributed by atoms with Crippen LogP contribution in [0.4, 0.5) is 4.79 Å². The van der Waals surface area contributed by atoms with Crippen molar-refractivity contribution in [3.8, 4) is 0 Å². The molecule has 4 heteroatoms. The maximum atomic E-state index is 10.9. The van der Waals surface area contributed by atoms with Gasteiger partial charge in [0.2, 0.25) is 0 Å². The van der Waals surface area contributed by atoms with E-state index in [0.717, 1.165) is 13.0 Å². The molecule has 1 amide bonds. The molecule has 0 saturated carbocycles. The Kier molecular flexibility index (Phi) is 2.81. The maximum Gasteiger partial charge on any atom is 0.407 e. The molecular formula is C9H18N2O2. The summed E-state index contributed by atoms with van der Waals surface area (Å²) in [5.74, 6) is 0. The normalized spacial score (nSPS) is 22.2. The van der Waals surface area contributed by atoms with Gasteiger partial charge in [-0.25, -0.2) is 4.79 Å². The van der Waals surface area contributed by atoms with Crippen LogP contribution in [0.1, 0.15) is 27.2 Å². The molecule has 1 saturated heterocycles. The Labute approximate surface area is 78.9 Å². The minimum Gasteiger partial charge on any atom is -0.465 e. The van der Waals surface area contributed by atoms with Gasteiger partial charge in [0.05, 0.1) is 0 Å². The van der Waals surface area contributed by atoms with Crippen LogP contribution in [0.15, 0.2) is 0 Å². The molecule has 1 fully saturated rings. The van der Waals surface area contributed by atoms with Gasteiger partial charge in [-0.05, 0) is 33.7 Å². The SMILES string of the molecule is CC(C)(C)N(C[C@H]1CCN1)C(=O)O. The van der Waals surface area contributed by atoms with Crippen LogP contribution >= 0.6 is 0 Å². The van der Waals surface area contributed by atoms with Gasteiger partial charge in [0.15, 0.2) is 0 Å². The summed E-state index contributed by atoms with van der Waals surface area (Å²) in [5.41, 5.74) is -0.302. The fourth-order valence-electron chi connectivity index (χ4n) is 1.36. The fourth-order valence-corrected chi connectivity index (χ4v) is 1.36. The zero-order chi connectivity index (χ0) is 10.1. The zero-order valence-electron chi connectivity index (χ0n) is 8.50. The van der Waals surface area contributed by atoms with Crippen LogP contribution in [0.2, 0.25) is 0 Å². The monoisotopic (exact) mass is 186 g/mol. The third-order valence-corrected chi connectivity index (χ3v) is 2.37. The Hall–Kier alpha value is -0.770. The average Bonchev–Trinajstić information content (AvgIpc) is 1.79. The number of nitrogens with zero attached hydrogens (tertiary/aromatic N) is 1. The van der Waals surface area contributed by atoms with Crippen LogP contribution in [-0.2, 0) is 0 Å². The maximum absolute atomic E-state index is 10.9. The number of nitrogens with one attached hydrogen (secondary N) is 1. The van der Waals surface area contributed by atoms with Crippen LogP contribution < -0.4 is 5.32 Å². The first-order chi connectivity index (χ1) is 5.91. The fraction of sp³-hybridized carbons (Fsp3) is 0.889. The minimum atomic E-state index is -0.832. The van der Waals surface area contributed by atoms with Gasteiger partial charge in [-0.2, -0.15) is 0 Å². The summed E-state index contributed by atoms with van der Waals surface area (Å²) in [6.07, 6.45) is 0.251. The van der Waals surface area contributed by atoms with Gasteiger partial charge in [-0.3, -0.25) is 0 Å². The molecular weight excluding hydrogens is 168 g/mol. The highest BCUT2D eigenvalue weighted by Gasteiger charge is 2.30. The lowest BCUT2D eigenvalue weighted by atomic mass is 10.0. The van der Waals surface area contributed by atoms with Gasteiger partial charge >= 0.3 is 6.09 Å². The predicted molar refractivity (Wildman–Crippen MR) is 50.9 cm³/mol. The van der Waals surface area contributed by atoms with Gasteiger partial charge in [0.25, 0.3) is 0 Å². The van der Waals surface area contributed by atoms with Crippen molar-refractivity contribution in [2.45, 2.75) is 38.8 Å². The van der Waals surface area contributed by atoms with Gasteiger partial charge in [-0.15, -0.1) is 0 Å². The van der Waals surface area contributed by atoms with Crippen LogP contribution in [0.5, 0.6) is 0 Å². The van der Waals surface area contributed by atoms with Crippen molar-refractivity contribution in [3.63, 3.8) is 0 Å². The lowest BCUT2D eigenvalue weighted by Gasteiger charge is -2.39. The number of amides is 1. The molecule has 0 unspecified atom stereocenters. The van der Waals surface area contributed by atoms with Crippen molar-refractivity contribution in [3.05, 3.63) is 0 Å². The van der Waals surface area contributed by atoms with E-state index in [1.165, 1.54) is 4.90 Å². The van der Waals surface area contributed by atoms with Gasteiger partial charge in [0, 0.05) is 18.1 Å². The standard InChI is InChI=1S/C9H18N2O2/c1-9(2,3)11(8(12)13)6-7-4-5-10-7/h7,10H,4-6H2,1-3H3,(H,12,13)/t7-/m1/s1. The summed E-state index contributed by atoms with van der Waals surface area (Å²) in [6.45, 7) is 7.36. The summed E-state index contributed by atoms with van der Waals surface area (Å²) >= 11 is 0. The second kappa shape index (κ2) is 3.54. The first kappa shape index (κ1) is 10.3. The summed E-state index contributed by atoms with van der Waals surface area (Å²) in [4.78, 5) is 12.4. The number of hydrogen-bond donors (Lipinski definition) is 2. The molecule has 13 heavy (non-hydrogen) atoms. The lowest BCUT2D eigenvalue weighted by Crippen LogP contribution is -2.56. The molecule has 0 aromatic carbocycles. The van der Waals surface area contributed by atoms with Crippen molar-refractivity contribution in [1.82, 2.24) is 10.2 Å². The van der Waals surface area contributed by atoms with Crippen molar-refractivity contribution in [2.75, 3.05) is 13.1 Å². The van der Waals surface area contributed by atoms with Crippen LogP contribution in [-0.4, -0.2) is 40.8 Å². The Morgan fingerprint density at radius 3 is 2.38 bits per heavy atom. The molecule has 0 radical (unpaired) electrons. The molecule has 0 aromatic rings. The van der Waals surface area contributed by atoms with E-state index in [-0.39, 0.29) is 5.54 Å². The summed E-state index contributed by atoms with van der Waals surface area (Å²) in [6, 6.07) is 0.357. The lowest BCUT2D eigenvalue weighted by molar-refractivity contribution is 0.0859. The Morgan fingerprint density at radius 1 is 1.62 bits per heavy atom. The van der Waals surface area contributed by atoms with Gasteiger partial charge < -0.3 is 15.3 Å². The highest BCUT2D eigenvalue weighted by molar-refractivity contribution is 5.66. The molecule has 76 valence electrons. The van der Waals surface area contributed by atoms with E-state index in [9.17, 15) is 4.79 Å². The van der Waals surface area contributed by atoms with Crippen molar-refractivity contribution >= 4 is 6.09 Å². The van der Waals surface area contributed by atoms with E-state index in [4.69, 9.17) is 5.11 Å². The van der Waals surface area contributed by atoms with E-state index in [1.54, 1.807) is 0 Å². The second-order valence-electron chi connectivity index (χ2n) is 4.50. The molecule has 1 aliphatic rings. The smallest absolute Gasteiger partial charge is 0.407 e. The first-order valence-corrected chi connectivity index (χ1v) is 4.65. The second-order valence-corrected chi connectivity index (χ2v) is 4.50. The van der Waals surface area contributed by atoms with E-state index in [1.807, 2.05) is 20.8 Å². The van der Waals surface area contributed by atoms with Gasteiger partial charge in [-0.1, -0.05) is 0 Å². The third-order valence-electron chi connectivity index (χ3n) is 2.37. The highest BCUT2D eigenvalue weighted by Crippen LogP contribution is 2.16. The molecule has 0 aliphatic carbocycles. The van der Waals surface area contributed by atoms with E-state index < -0.39 is 6.09 Å². The van der Waals surface area contributed by atoms with Crippen molar-refractivity contribution in [2.24, 2.45) is 0 Å². The molecule has 0 aromatic heterocycles. The molecule has 1 heterocycles. The number of rotatable bonds is 2. The largest absolute Gasteiger partial charge is 0.465 e. The Balaban J connectivity index is 2.51. The molecule has 2 N–H and O–H groups in total. The third kappa shape index (κ3) is 2.59. The quantitative estimate of drug-likeness (QED) is 0.679. The van der Waals surface area contributed by atoms with Crippen LogP contribution in [0, 0.1) is 0 Å². The van der Waals surface area contributed by atoms with E-state index >= 15 is 0 Å². The molecule has 1 atom stereocenters. The number of carbonyl (C=O) groups is 1. The zero-order valence-corrected chi connectivity index (χ0v) is 8.50. The summed E-state index contributed by atoms with van der Waals surface area (Å²) < 4.78 is 0. The van der Waals surface area contributed by atoms with Crippen molar-refractivity contribution in [1.29, 1.82) is 0 Å². The Bertz CT molecular complexity index is 194. The number of carboxylic acid groups (broad SMARTS) is 1. The first-order valence-electron chi connectivity index (χ1n) is 4.65. The molecule has 0 spiro atoms. The predicted octanol–water partition coefficient (Wildman–Crippen LogP) is 1.13. The van der Waals surface area contributed by atoms with E-state index in [2.05, 4.69) is 5.32 Å². The molecule has 1 aliphatic heterocycles. The molecule has 0 bridgehead atoms. The molecule has 1 rings (SSSR count). The Morgan fingerprint density at radius 2 is 2.15 bits per heavy atom. The summed E-state index contributed by atoms with van der Waals surface area (Å²) in [5, 5.41) is 12.2. The van der Waals surface area contributed by atoms with Gasteiger partial charge in [0.1, 0.15) is 0 Å². The topological polar surface area (TPSA) is 52.6 Å². The molecule has 4 nitrogen and oxygen atoms in total. The average molecular weight is 186 g/mol.